The molecule has 19 heavy (non-hydrogen) atoms. The predicted octanol–water partition coefficient (Wildman–Crippen LogP) is 2.14. The van der Waals surface area contributed by atoms with Crippen LogP contribution >= 0.6 is 0 Å². The zero-order chi connectivity index (χ0) is 14.8. The fourth-order valence-corrected chi connectivity index (χ4v) is 1.50. The number of aromatic carboxylic acids is 1. The summed E-state index contributed by atoms with van der Waals surface area (Å²) < 4.78 is 37.5. The van der Waals surface area contributed by atoms with E-state index in [1.807, 2.05) is 0 Å². The molecular weight excluding hydrogens is 263 g/mol. The Kier molecular flexibility index (Phi) is 4.23. The van der Waals surface area contributed by atoms with Gasteiger partial charge in [0.15, 0.2) is 11.5 Å². The Bertz CT molecular complexity index is 475. The summed E-state index contributed by atoms with van der Waals surface area (Å²) in [7, 11) is 0. The first-order chi connectivity index (χ1) is 8.61. The second-order valence-corrected chi connectivity index (χ2v) is 4.25. The van der Waals surface area contributed by atoms with Crippen molar-refractivity contribution in [3.8, 4) is 0 Å². The van der Waals surface area contributed by atoms with Crippen LogP contribution in [0.25, 0.3) is 0 Å². The molecule has 0 radical (unpaired) electrons. The van der Waals surface area contributed by atoms with Crippen LogP contribution in [0, 0.1) is 0 Å². The molecule has 0 bridgehead atoms. The number of alkyl halides is 3. The first kappa shape index (κ1) is 15.1. The van der Waals surface area contributed by atoms with E-state index < -0.39 is 24.7 Å². The van der Waals surface area contributed by atoms with E-state index >= 15 is 0 Å². The van der Waals surface area contributed by atoms with E-state index in [0.717, 1.165) is 11.0 Å². The van der Waals surface area contributed by atoms with Crippen LogP contribution in [0.15, 0.2) is 12.1 Å². The smallest absolute Gasteiger partial charge is 0.405 e. The lowest BCUT2D eigenvalue weighted by molar-refractivity contribution is -0.120. The summed E-state index contributed by atoms with van der Waals surface area (Å²) in [4.78, 5) is 15.4. The molecule has 106 valence electrons. The van der Waals surface area contributed by atoms with Crippen molar-refractivity contribution in [2.24, 2.45) is 0 Å². The summed E-state index contributed by atoms with van der Waals surface area (Å²) in [6.07, 6.45) is -4.43. The molecule has 0 amide bonds. The number of nitrogens with two attached hydrogens (primary N) is 1. The lowest BCUT2D eigenvalue weighted by atomic mass is 10.2. The van der Waals surface area contributed by atoms with Crippen LogP contribution in [0.4, 0.5) is 24.7 Å². The number of carboxylic acids is 1. The standard InChI is InChI=1S/C11H14F3N3O2/c1-6(2)17(5-11(12,13)14)9-7(15)3-4-8(16-9)10(18)19/h3-4,6H,5,15H2,1-2H3,(H,18,19). The number of aromatic nitrogens is 1. The zero-order valence-electron chi connectivity index (χ0n) is 10.4. The van der Waals surface area contributed by atoms with Crippen molar-refractivity contribution in [1.82, 2.24) is 4.98 Å². The molecule has 1 aromatic rings. The molecule has 1 rings (SSSR count). The van der Waals surface area contributed by atoms with E-state index in [2.05, 4.69) is 4.98 Å². The molecule has 3 N–H and O–H groups in total. The summed E-state index contributed by atoms with van der Waals surface area (Å²) in [5.41, 5.74) is 5.24. The molecule has 0 atom stereocenters. The summed E-state index contributed by atoms with van der Waals surface area (Å²) >= 11 is 0. The monoisotopic (exact) mass is 277 g/mol. The molecule has 0 spiro atoms. The average molecular weight is 277 g/mol. The fourth-order valence-electron chi connectivity index (χ4n) is 1.50. The molecule has 0 saturated carbocycles. The number of carboxylic acid groups (broad SMARTS) is 1. The van der Waals surface area contributed by atoms with Crippen molar-refractivity contribution in [3.63, 3.8) is 0 Å². The van der Waals surface area contributed by atoms with Crippen molar-refractivity contribution in [1.29, 1.82) is 0 Å². The van der Waals surface area contributed by atoms with Crippen molar-refractivity contribution < 1.29 is 23.1 Å². The van der Waals surface area contributed by atoms with Gasteiger partial charge in [-0.05, 0) is 26.0 Å². The van der Waals surface area contributed by atoms with Gasteiger partial charge in [0.05, 0.1) is 5.69 Å². The molecule has 5 nitrogen and oxygen atoms in total. The summed E-state index contributed by atoms with van der Waals surface area (Å²) in [5.74, 6) is -1.50. The van der Waals surface area contributed by atoms with E-state index in [0.29, 0.717) is 0 Å². The summed E-state index contributed by atoms with van der Waals surface area (Å²) in [5, 5.41) is 8.81. The Morgan fingerprint density at radius 1 is 1.47 bits per heavy atom. The highest BCUT2D eigenvalue weighted by Crippen LogP contribution is 2.27. The average Bonchev–Trinajstić information content (AvgIpc) is 2.25. The van der Waals surface area contributed by atoms with Crippen LogP contribution < -0.4 is 10.6 Å². The second kappa shape index (κ2) is 5.33. The maximum Gasteiger partial charge on any atom is 0.405 e. The van der Waals surface area contributed by atoms with Crippen LogP contribution in [-0.2, 0) is 0 Å². The highest BCUT2D eigenvalue weighted by atomic mass is 19.4. The van der Waals surface area contributed by atoms with Gasteiger partial charge in [-0.1, -0.05) is 0 Å². The number of hydrogen-bond acceptors (Lipinski definition) is 4. The molecule has 1 heterocycles. The molecule has 0 aliphatic heterocycles. The Morgan fingerprint density at radius 3 is 2.47 bits per heavy atom. The van der Waals surface area contributed by atoms with Gasteiger partial charge in [0.25, 0.3) is 0 Å². The van der Waals surface area contributed by atoms with Gasteiger partial charge in [-0.15, -0.1) is 0 Å². The van der Waals surface area contributed by atoms with E-state index in [9.17, 15) is 18.0 Å². The third-order valence-corrected chi connectivity index (χ3v) is 2.37. The topological polar surface area (TPSA) is 79.5 Å². The highest BCUT2D eigenvalue weighted by molar-refractivity contribution is 5.87. The van der Waals surface area contributed by atoms with E-state index in [-0.39, 0.29) is 17.2 Å². The Balaban J connectivity index is 3.22. The van der Waals surface area contributed by atoms with Gasteiger partial charge in [0, 0.05) is 6.04 Å². The normalized spacial score (nSPS) is 11.7. The van der Waals surface area contributed by atoms with Crippen LogP contribution in [0.3, 0.4) is 0 Å². The predicted molar refractivity (Wildman–Crippen MR) is 64.1 cm³/mol. The van der Waals surface area contributed by atoms with E-state index in [4.69, 9.17) is 10.8 Å². The number of anilines is 2. The lowest BCUT2D eigenvalue weighted by Gasteiger charge is -2.29. The van der Waals surface area contributed by atoms with Crippen LogP contribution in [0.5, 0.6) is 0 Å². The van der Waals surface area contributed by atoms with Crippen molar-refractivity contribution in [2.75, 3.05) is 17.2 Å². The maximum absolute atomic E-state index is 12.5. The molecule has 0 unspecified atom stereocenters. The van der Waals surface area contributed by atoms with Gasteiger partial charge < -0.3 is 15.7 Å². The van der Waals surface area contributed by atoms with Gasteiger partial charge >= 0.3 is 12.1 Å². The minimum Gasteiger partial charge on any atom is -0.477 e. The summed E-state index contributed by atoms with van der Waals surface area (Å²) in [6.45, 7) is 1.84. The number of nitrogens with zero attached hydrogens (tertiary/aromatic N) is 2. The van der Waals surface area contributed by atoms with Gasteiger partial charge in [-0.2, -0.15) is 13.2 Å². The third kappa shape index (κ3) is 4.01. The zero-order valence-corrected chi connectivity index (χ0v) is 10.4. The quantitative estimate of drug-likeness (QED) is 0.881. The van der Waals surface area contributed by atoms with E-state index in [1.54, 1.807) is 13.8 Å². The first-order valence-corrected chi connectivity index (χ1v) is 5.45. The molecule has 0 saturated heterocycles. The largest absolute Gasteiger partial charge is 0.477 e. The van der Waals surface area contributed by atoms with Gasteiger partial charge in [0.2, 0.25) is 0 Å². The second-order valence-electron chi connectivity index (χ2n) is 4.25. The van der Waals surface area contributed by atoms with Crippen molar-refractivity contribution in [3.05, 3.63) is 17.8 Å². The molecule has 0 aliphatic rings. The van der Waals surface area contributed by atoms with Gasteiger partial charge in [-0.3, -0.25) is 0 Å². The lowest BCUT2D eigenvalue weighted by Crippen LogP contribution is -2.40. The Labute approximate surface area is 107 Å². The molecule has 0 aliphatic carbocycles. The van der Waals surface area contributed by atoms with Gasteiger partial charge in [0.1, 0.15) is 6.54 Å². The SMILES string of the molecule is CC(C)N(CC(F)(F)F)c1nc(C(=O)O)ccc1N. The fraction of sp³-hybridized carbons (Fsp3) is 0.455. The third-order valence-electron chi connectivity index (χ3n) is 2.37. The molecule has 0 fully saturated rings. The number of halogens is 3. The highest BCUT2D eigenvalue weighted by Gasteiger charge is 2.33. The number of nitrogen functional groups attached to an aromatic ring is 1. The minimum atomic E-state index is -4.43. The molecule has 1 aromatic heterocycles. The minimum absolute atomic E-state index is 0.00273. The first-order valence-electron chi connectivity index (χ1n) is 5.45. The number of pyridine rings is 1. The van der Waals surface area contributed by atoms with E-state index in [1.165, 1.54) is 6.07 Å². The van der Waals surface area contributed by atoms with Gasteiger partial charge in [-0.25, -0.2) is 9.78 Å². The molecule has 8 heteroatoms. The Hall–Kier alpha value is -1.99. The number of carbonyl (C=O) groups is 1. The van der Waals surface area contributed by atoms with Crippen LogP contribution in [0.1, 0.15) is 24.3 Å². The molecule has 0 aromatic carbocycles. The summed E-state index contributed by atoms with van der Waals surface area (Å²) in [6, 6.07) is 1.85. The van der Waals surface area contributed by atoms with Crippen LogP contribution in [-0.4, -0.2) is 34.8 Å². The Morgan fingerprint density at radius 2 is 2.05 bits per heavy atom. The number of rotatable bonds is 4. The number of hydrogen-bond donors (Lipinski definition) is 2. The maximum atomic E-state index is 12.5. The molecular formula is C11H14F3N3O2. The van der Waals surface area contributed by atoms with Crippen molar-refractivity contribution >= 4 is 17.5 Å². The van der Waals surface area contributed by atoms with Crippen LogP contribution in [0.2, 0.25) is 0 Å². The van der Waals surface area contributed by atoms with Crippen molar-refractivity contribution in [2.45, 2.75) is 26.1 Å².